The zero-order chi connectivity index (χ0) is 23.8. The van der Waals surface area contributed by atoms with Gasteiger partial charge in [0.15, 0.2) is 23.0 Å². The molecule has 2 aromatic heterocycles. The van der Waals surface area contributed by atoms with Crippen LogP contribution in [-0.2, 0) is 0 Å². The minimum atomic E-state index is 0.210. The lowest BCUT2D eigenvalue weighted by Crippen LogP contribution is -2.03. The zero-order valence-electron chi connectivity index (χ0n) is 19.0. The molecule has 0 aliphatic carbocycles. The SMILES string of the molecule is COc1cc2nc(Nc3ccc4ncccc4c3)nc(Nc3ccc4c(c3)OCO4)c2cc1OC. The predicted molar refractivity (Wildman–Crippen MR) is 134 cm³/mol. The van der Waals surface area contributed by atoms with E-state index in [4.69, 9.17) is 28.9 Å². The molecule has 2 N–H and O–H groups in total. The summed E-state index contributed by atoms with van der Waals surface area (Å²) in [7, 11) is 3.19. The number of anilines is 4. The van der Waals surface area contributed by atoms with E-state index in [1.54, 1.807) is 20.4 Å². The number of pyridine rings is 1. The highest BCUT2D eigenvalue weighted by molar-refractivity contribution is 5.94. The van der Waals surface area contributed by atoms with Crippen LogP contribution in [0.3, 0.4) is 0 Å². The maximum absolute atomic E-state index is 5.52. The molecule has 0 fully saturated rings. The molecule has 9 heteroatoms. The molecule has 3 aromatic carbocycles. The zero-order valence-corrected chi connectivity index (χ0v) is 19.0. The van der Waals surface area contributed by atoms with E-state index in [0.717, 1.165) is 27.7 Å². The largest absolute Gasteiger partial charge is 0.493 e. The second-order valence-electron chi connectivity index (χ2n) is 7.85. The molecule has 3 heterocycles. The van der Waals surface area contributed by atoms with Crippen molar-refractivity contribution in [2.45, 2.75) is 0 Å². The molecule has 5 aromatic rings. The van der Waals surface area contributed by atoms with E-state index in [0.29, 0.717) is 40.3 Å². The highest BCUT2D eigenvalue weighted by Gasteiger charge is 2.17. The van der Waals surface area contributed by atoms with Crippen LogP contribution in [0.4, 0.5) is 23.1 Å². The molecule has 0 spiro atoms. The minimum Gasteiger partial charge on any atom is -0.493 e. The van der Waals surface area contributed by atoms with E-state index in [1.165, 1.54) is 0 Å². The van der Waals surface area contributed by atoms with Crippen molar-refractivity contribution in [3.05, 3.63) is 66.9 Å². The van der Waals surface area contributed by atoms with Crippen molar-refractivity contribution in [1.82, 2.24) is 15.0 Å². The minimum absolute atomic E-state index is 0.210. The van der Waals surface area contributed by atoms with E-state index < -0.39 is 0 Å². The summed E-state index contributed by atoms with van der Waals surface area (Å²) in [5.41, 5.74) is 3.25. The first-order valence-corrected chi connectivity index (χ1v) is 10.9. The number of aromatic nitrogens is 3. The lowest BCUT2D eigenvalue weighted by atomic mass is 10.2. The lowest BCUT2D eigenvalue weighted by molar-refractivity contribution is 0.174. The number of hydrogen-bond donors (Lipinski definition) is 2. The first kappa shape index (κ1) is 20.8. The van der Waals surface area contributed by atoms with Crippen molar-refractivity contribution in [1.29, 1.82) is 0 Å². The van der Waals surface area contributed by atoms with E-state index in [2.05, 4.69) is 15.6 Å². The summed E-state index contributed by atoms with van der Waals surface area (Å²) < 4.78 is 22.0. The third-order valence-corrected chi connectivity index (χ3v) is 5.70. The van der Waals surface area contributed by atoms with Gasteiger partial charge in [0.25, 0.3) is 0 Å². The van der Waals surface area contributed by atoms with E-state index in [9.17, 15) is 0 Å². The van der Waals surface area contributed by atoms with Gasteiger partial charge in [-0.15, -0.1) is 0 Å². The number of nitrogens with one attached hydrogen (secondary N) is 2. The molecule has 0 bridgehead atoms. The van der Waals surface area contributed by atoms with Crippen LogP contribution in [-0.4, -0.2) is 36.0 Å². The van der Waals surface area contributed by atoms with Gasteiger partial charge in [-0.05, 0) is 42.5 Å². The van der Waals surface area contributed by atoms with Gasteiger partial charge in [0.05, 0.1) is 25.3 Å². The number of methoxy groups -OCH3 is 2. The smallest absolute Gasteiger partial charge is 0.231 e. The van der Waals surface area contributed by atoms with E-state index >= 15 is 0 Å². The van der Waals surface area contributed by atoms with Gasteiger partial charge in [-0.25, -0.2) is 4.98 Å². The quantitative estimate of drug-likeness (QED) is 0.339. The number of hydrogen-bond acceptors (Lipinski definition) is 9. The second-order valence-corrected chi connectivity index (χ2v) is 7.85. The molecule has 0 saturated heterocycles. The number of benzene rings is 3. The Kier molecular flexibility index (Phi) is 5.07. The van der Waals surface area contributed by atoms with Gasteiger partial charge in [0, 0.05) is 40.5 Å². The van der Waals surface area contributed by atoms with Crippen molar-refractivity contribution < 1.29 is 18.9 Å². The Labute approximate surface area is 200 Å². The second kappa shape index (κ2) is 8.53. The van der Waals surface area contributed by atoms with Crippen LogP contribution < -0.4 is 29.6 Å². The Morgan fingerprint density at radius 2 is 1.57 bits per heavy atom. The average molecular weight is 467 g/mol. The van der Waals surface area contributed by atoms with Crippen molar-refractivity contribution in [3.63, 3.8) is 0 Å². The van der Waals surface area contributed by atoms with Crippen LogP contribution in [0.2, 0.25) is 0 Å². The Hall–Kier alpha value is -4.79. The van der Waals surface area contributed by atoms with Gasteiger partial charge < -0.3 is 29.6 Å². The molecule has 35 heavy (non-hydrogen) atoms. The van der Waals surface area contributed by atoms with Crippen LogP contribution in [0.25, 0.3) is 21.8 Å². The van der Waals surface area contributed by atoms with Crippen LogP contribution in [0.1, 0.15) is 0 Å². The Balaban J connectivity index is 1.44. The molecule has 0 unspecified atom stereocenters. The summed E-state index contributed by atoms with van der Waals surface area (Å²) in [6.45, 7) is 0.210. The van der Waals surface area contributed by atoms with Crippen molar-refractivity contribution in [2.75, 3.05) is 31.6 Å². The van der Waals surface area contributed by atoms with Gasteiger partial charge in [-0.2, -0.15) is 4.98 Å². The predicted octanol–water partition coefficient (Wildman–Crippen LogP) is 5.41. The maximum atomic E-state index is 5.52. The van der Waals surface area contributed by atoms with Gasteiger partial charge in [-0.1, -0.05) is 6.07 Å². The standard InChI is InChI=1S/C26H21N5O4/c1-32-22-12-18-20(13-23(22)33-2)30-26(29-16-5-7-19-15(10-16)4-3-9-27-19)31-25(18)28-17-6-8-21-24(11-17)35-14-34-21/h3-13H,14H2,1-2H3,(H2,28,29,30,31). The maximum Gasteiger partial charge on any atom is 0.231 e. The molecule has 1 aliphatic rings. The fourth-order valence-electron chi connectivity index (χ4n) is 4.00. The number of ether oxygens (including phenoxy) is 4. The van der Waals surface area contributed by atoms with Crippen LogP contribution in [0, 0.1) is 0 Å². The monoisotopic (exact) mass is 467 g/mol. The van der Waals surface area contributed by atoms with E-state index in [-0.39, 0.29) is 6.79 Å². The number of fused-ring (bicyclic) bond motifs is 3. The Morgan fingerprint density at radius 1 is 0.771 bits per heavy atom. The molecular formula is C26H21N5O4. The average Bonchev–Trinajstić information content (AvgIpc) is 3.36. The third-order valence-electron chi connectivity index (χ3n) is 5.70. The van der Waals surface area contributed by atoms with E-state index in [1.807, 2.05) is 60.7 Å². The Morgan fingerprint density at radius 3 is 2.46 bits per heavy atom. The summed E-state index contributed by atoms with van der Waals surface area (Å²) in [5, 5.41) is 8.49. The van der Waals surface area contributed by atoms with Gasteiger partial charge >= 0.3 is 0 Å². The lowest BCUT2D eigenvalue weighted by Gasteiger charge is -2.15. The highest BCUT2D eigenvalue weighted by Crippen LogP contribution is 2.38. The molecule has 6 rings (SSSR count). The summed E-state index contributed by atoms with van der Waals surface area (Å²) >= 11 is 0. The van der Waals surface area contributed by atoms with Gasteiger partial charge in [0.1, 0.15) is 5.82 Å². The molecule has 0 radical (unpaired) electrons. The van der Waals surface area contributed by atoms with Gasteiger partial charge in [-0.3, -0.25) is 4.98 Å². The van der Waals surface area contributed by atoms with Crippen LogP contribution in [0.15, 0.2) is 66.9 Å². The summed E-state index contributed by atoms with van der Waals surface area (Å²) in [5.74, 6) is 3.57. The van der Waals surface area contributed by atoms with Crippen LogP contribution in [0.5, 0.6) is 23.0 Å². The number of nitrogens with zero attached hydrogens (tertiary/aromatic N) is 3. The number of rotatable bonds is 6. The Bertz CT molecular complexity index is 1570. The molecule has 9 nitrogen and oxygen atoms in total. The summed E-state index contributed by atoms with van der Waals surface area (Å²) in [6.07, 6.45) is 1.78. The first-order chi connectivity index (χ1) is 17.2. The fraction of sp³-hybridized carbons (Fsp3) is 0.115. The molecule has 0 atom stereocenters. The summed E-state index contributed by atoms with van der Waals surface area (Å²) in [6, 6.07) is 19.2. The topological polar surface area (TPSA) is 99.7 Å². The molecular weight excluding hydrogens is 446 g/mol. The normalized spacial score (nSPS) is 12.1. The van der Waals surface area contributed by atoms with Gasteiger partial charge in [0.2, 0.25) is 12.7 Å². The highest BCUT2D eigenvalue weighted by atomic mass is 16.7. The molecule has 1 aliphatic heterocycles. The molecule has 174 valence electrons. The van der Waals surface area contributed by atoms with Crippen molar-refractivity contribution in [2.24, 2.45) is 0 Å². The molecule has 0 amide bonds. The fourth-order valence-corrected chi connectivity index (χ4v) is 4.00. The summed E-state index contributed by atoms with van der Waals surface area (Å²) in [4.78, 5) is 13.9. The van der Waals surface area contributed by atoms with Crippen LogP contribution >= 0.6 is 0 Å². The third kappa shape index (κ3) is 3.93. The van der Waals surface area contributed by atoms with Crippen molar-refractivity contribution in [3.8, 4) is 23.0 Å². The van der Waals surface area contributed by atoms with Crippen molar-refractivity contribution >= 4 is 44.9 Å². The molecule has 0 saturated carbocycles. The first-order valence-electron chi connectivity index (χ1n) is 10.9.